The molecule has 2 heterocycles. The van der Waals surface area contributed by atoms with Gasteiger partial charge in [-0.25, -0.2) is 4.39 Å². The second-order valence-corrected chi connectivity index (χ2v) is 7.02. The highest BCUT2D eigenvalue weighted by Gasteiger charge is 2.30. The van der Waals surface area contributed by atoms with Crippen molar-refractivity contribution in [3.8, 4) is 0 Å². The van der Waals surface area contributed by atoms with Crippen LogP contribution in [0.15, 0.2) is 18.3 Å². The van der Waals surface area contributed by atoms with Gasteiger partial charge in [-0.1, -0.05) is 0 Å². The summed E-state index contributed by atoms with van der Waals surface area (Å²) in [7, 11) is 0. The van der Waals surface area contributed by atoms with E-state index in [0.717, 1.165) is 25.6 Å². The summed E-state index contributed by atoms with van der Waals surface area (Å²) in [5, 5.41) is 16.2. The molecule has 2 rings (SSSR count). The van der Waals surface area contributed by atoms with Gasteiger partial charge < -0.3 is 4.74 Å². The molecule has 1 aliphatic rings. The second kappa shape index (κ2) is 7.25. The highest BCUT2D eigenvalue weighted by molar-refractivity contribution is 5.86. The first-order valence-corrected chi connectivity index (χ1v) is 8.15. The average Bonchev–Trinajstić information content (AvgIpc) is 2.93. The van der Waals surface area contributed by atoms with Gasteiger partial charge in [-0.15, -0.1) is 0 Å². The van der Waals surface area contributed by atoms with E-state index in [1.807, 2.05) is 25.7 Å². The number of rotatable bonds is 4. The van der Waals surface area contributed by atoms with E-state index in [0.29, 0.717) is 6.54 Å². The summed E-state index contributed by atoms with van der Waals surface area (Å²) in [5.74, 6) is -0.575. The van der Waals surface area contributed by atoms with Gasteiger partial charge in [-0.3, -0.25) is 25.1 Å². The molecule has 0 spiro atoms. The molecule has 0 unspecified atom stereocenters. The molecule has 7 heteroatoms. The van der Waals surface area contributed by atoms with Crippen molar-refractivity contribution in [3.05, 3.63) is 29.6 Å². The molecule has 0 radical (unpaired) electrons. The van der Waals surface area contributed by atoms with Crippen LogP contribution in [0, 0.1) is 16.6 Å². The monoisotopic (exact) mass is 336 g/mol. The van der Waals surface area contributed by atoms with E-state index in [2.05, 4.69) is 0 Å². The SMILES string of the molecule is CC(C)(C)OC(=O)CCN1CCC[C@H]1C(=N)n1cc(F)ccc1=N. The number of nitrogens with one attached hydrogen (secondary N) is 2. The Morgan fingerprint density at radius 1 is 1.42 bits per heavy atom. The van der Waals surface area contributed by atoms with Gasteiger partial charge in [0, 0.05) is 12.7 Å². The van der Waals surface area contributed by atoms with Gasteiger partial charge in [0.15, 0.2) is 0 Å². The van der Waals surface area contributed by atoms with Crippen LogP contribution < -0.4 is 5.49 Å². The lowest BCUT2D eigenvalue weighted by atomic mass is 10.2. The Hall–Kier alpha value is -2.02. The number of carbonyl (C=O) groups excluding carboxylic acids is 1. The lowest BCUT2D eigenvalue weighted by Gasteiger charge is -2.26. The van der Waals surface area contributed by atoms with Gasteiger partial charge >= 0.3 is 5.97 Å². The molecule has 24 heavy (non-hydrogen) atoms. The number of ether oxygens (including phenoxy) is 1. The molecule has 0 amide bonds. The topological polar surface area (TPSA) is 82.2 Å². The number of halogens is 1. The molecule has 6 nitrogen and oxygen atoms in total. The fourth-order valence-electron chi connectivity index (χ4n) is 2.87. The van der Waals surface area contributed by atoms with Crippen LogP contribution in [0.3, 0.4) is 0 Å². The van der Waals surface area contributed by atoms with Crippen molar-refractivity contribution in [1.29, 1.82) is 10.8 Å². The van der Waals surface area contributed by atoms with E-state index in [4.69, 9.17) is 15.6 Å². The highest BCUT2D eigenvalue weighted by atomic mass is 19.1. The zero-order chi connectivity index (χ0) is 17.9. The number of carbonyl (C=O) groups is 1. The Morgan fingerprint density at radius 2 is 2.12 bits per heavy atom. The minimum Gasteiger partial charge on any atom is -0.460 e. The van der Waals surface area contributed by atoms with Crippen molar-refractivity contribution in [3.63, 3.8) is 0 Å². The molecule has 0 saturated carbocycles. The van der Waals surface area contributed by atoms with Crippen LogP contribution in [0.25, 0.3) is 0 Å². The van der Waals surface area contributed by atoms with Crippen LogP contribution in [0.2, 0.25) is 0 Å². The Balaban J connectivity index is 2.02. The molecule has 2 N–H and O–H groups in total. The smallest absolute Gasteiger partial charge is 0.307 e. The van der Waals surface area contributed by atoms with Gasteiger partial charge in [0.1, 0.15) is 22.7 Å². The van der Waals surface area contributed by atoms with E-state index < -0.39 is 11.4 Å². The molecule has 1 aliphatic heterocycles. The summed E-state index contributed by atoms with van der Waals surface area (Å²) in [6, 6.07) is 2.33. The molecule has 0 bridgehead atoms. The predicted octanol–water partition coefficient (Wildman–Crippen LogP) is 2.13. The van der Waals surface area contributed by atoms with Gasteiger partial charge in [-0.2, -0.15) is 0 Å². The molecular weight excluding hydrogens is 311 g/mol. The Labute approximate surface area is 141 Å². The predicted molar refractivity (Wildman–Crippen MR) is 88.4 cm³/mol. The lowest BCUT2D eigenvalue weighted by molar-refractivity contribution is -0.155. The van der Waals surface area contributed by atoms with Crippen LogP contribution in [-0.4, -0.2) is 46.0 Å². The Bertz CT molecular complexity index is 678. The minimum atomic E-state index is -0.508. The number of esters is 1. The van der Waals surface area contributed by atoms with Gasteiger partial charge in [-0.05, 0) is 52.3 Å². The summed E-state index contributed by atoms with van der Waals surface area (Å²) in [5.41, 5.74) is -0.438. The van der Waals surface area contributed by atoms with Gasteiger partial charge in [0.05, 0.1) is 12.5 Å². The van der Waals surface area contributed by atoms with Gasteiger partial charge in [0.25, 0.3) is 0 Å². The van der Waals surface area contributed by atoms with E-state index in [-0.39, 0.29) is 29.8 Å². The molecular formula is C17H25FN4O2. The van der Waals surface area contributed by atoms with Crippen LogP contribution >= 0.6 is 0 Å². The number of likely N-dealkylation sites (tertiary alicyclic amines) is 1. The molecule has 1 aromatic rings. The fraction of sp³-hybridized carbons (Fsp3) is 0.588. The van der Waals surface area contributed by atoms with E-state index in [9.17, 15) is 9.18 Å². The third-order valence-corrected chi connectivity index (χ3v) is 3.87. The quantitative estimate of drug-likeness (QED) is 0.502. The highest BCUT2D eigenvalue weighted by Crippen LogP contribution is 2.19. The number of aromatic nitrogens is 1. The zero-order valence-electron chi connectivity index (χ0n) is 14.4. The fourth-order valence-corrected chi connectivity index (χ4v) is 2.87. The maximum Gasteiger partial charge on any atom is 0.307 e. The molecule has 0 aromatic carbocycles. The van der Waals surface area contributed by atoms with Crippen molar-refractivity contribution in [2.24, 2.45) is 0 Å². The van der Waals surface area contributed by atoms with E-state index in [1.54, 1.807) is 0 Å². The Morgan fingerprint density at radius 3 is 2.79 bits per heavy atom. The van der Waals surface area contributed by atoms with Crippen molar-refractivity contribution < 1.29 is 13.9 Å². The number of hydrogen-bond donors (Lipinski definition) is 2. The summed E-state index contributed by atoms with van der Waals surface area (Å²) in [6.45, 7) is 6.76. The molecule has 1 saturated heterocycles. The maximum atomic E-state index is 13.4. The third-order valence-electron chi connectivity index (χ3n) is 3.87. The van der Waals surface area contributed by atoms with Crippen molar-refractivity contribution in [2.45, 2.75) is 51.7 Å². The van der Waals surface area contributed by atoms with Gasteiger partial charge in [0.2, 0.25) is 0 Å². The standard InChI is InChI=1S/C17H25FN4O2/c1-17(2,3)24-15(23)8-10-21-9-4-5-13(21)16(20)22-11-12(18)6-7-14(22)19/h6-7,11,13,19-20H,4-5,8-10H2,1-3H3/t13-/m0/s1. The van der Waals surface area contributed by atoms with E-state index >= 15 is 0 Å². The van der Waals surface area contributed by atoms with Crippen LogP contribution in [0.4, 0.5) is 4.39 Å². The second-order valence-electron chi connectivity index (χ2n) is 7.02. The first kappa shape index (κ1) is 18.3. The van der Waals surface area contributed by atoms with Crippen LogP contribution in [0.1, 0.15) is 40.0 Å². The number of nitrogens with zero attached hydrogens (tertiary/aromatic N) is 2. The van der Waals surface area contributed by atoms with Crippen LogP contribution in [0.5, 0.6) is 0 Å². The summed E-state index contributed by atoms with van der Waals surface area (Å²) < 4.78 is 20.0. The zero-order valence-corrected chi connectivity index (χ0v) is 14.4. The van der Waals surface area contributed by atoms with Crippen molar-refractivity contribution in [1.82, 2.24) is 9.47 Å². The maximum absolute atomic E-state index is 13.4. The summed E-state index contributed by atoms with van der Waals surface area (Å²) in [6.07, 6.45) is 3.08. The normalized spacial score (nSPS) is 18.6. The largest absolute Gasteiger partial charge is 0.460 e. The lowest BCUT2D eigenvalue weighted by Crippen LogP contribution is -2.43. The van der Waals surface area contributed by atoms with Crippen molar-refractivity contribution in [2.75, 3.05) is 13.1 Å². The molecule has 1 atom stereocenters. The molecule has 1 aromatic heterocycles. The van der Waals surface area contributed by atoms with Crippen molar-refractivity contribution >= 4 is 11.8 Å². The van der Waals surface area contributed by atoms with E-state index in [1.165, 1.54) is 16.7 Å². The number of hydrogen-bond acceptors (Lipinski definition) is 5. The van der Waals surface area contributed by atoms with Crippen LogP contribution in [-0.2, 0) is 9.53 Å². The Kier molecular flexibility index (Phi) is 5.54. The summed E-state index contributed by atoms with van der Waals surface area (Å²) >= 11 is 0. The third kappa shape index (κ3) is 4.74. The summed E-state index contributed by atoms with van der Waals surface area (Å²) in [4.78, 5) is 13.9. The first-order chi connectivity index (χ1) is 11.2. The first-order valence-electron chi connectivity index (χ1n) is 8.15. The minimum absolute atomic E-state index is 0.0698. The molecule has 132 valence electrons. The number of pyridine rings is 1. The average molecular weight is 336 g/mol. The molecule has 1 fully saturated rings. The molecule has 0 aliphatic carbocycles.